The molecule has 6 nitrogen and oxygen atoms in total. The molecule has 0 aliphatic heterocycles. The standard InChI is InChI=1S/C9H19N3O3/c1-7(13)3-4-12(2)9(15)6-11-8(14)5-10/h7,13H,3-6,10H2,1-2H3,(H,11,14). The van der Waals surface area contributed by atoms with Crippen LogP contribution >= 0.6 is 0 Å². The predicted octanol–water partition coefficient (Wildman–Crippen LogP) is -1.71. The Balaban J connectivity index is 3.74. The lowest BCUT2D eigenvalue weighted by Crippen LogP contribution is -2.41. The van der Waals surface area contributed by atoms with Crippen molar-refractivity contribution in [3.05, 3.63) is 0 Å². The Labute approximate surface area is 89.4 Å². The lowest BCUT2D eigenvalue weighted by atomic mass is 10.3. The van der Waals surface area contributed by atoms with Crippen molar-refractivity contribution in [2.24, 2.45) is 5.73 Å². The van der Waals surface area contributed by atoms with E-state index in [2.05, 4.69) is 5.32 Å². The third kappa shape index (κ3) is 6.87. The Morgan fingerprint density at radius 3 is 2.60 bits per heavy atom. The summed E-state index contributed by atoms with van der Waals surface area (Å²) in [4.78, 5) is 23.6. The fourth-order valence-corrected chi connectivity index (χ4v) is 0.887. The predicted molar refractivity (Wildman–Crippen MR) is 56.0 cm³/mol. The topological polar surface area (TPSA) is 95.7 Å². The summed E-state index contributed by atoms with van der Waals surface area (Å²) in [6.07, 6.45) is 0.0893. The fourth-order valence-electron chi connectivity index (χ4n) is 0.887. The summed E-state index contributed by atoms with van der Waals surface area (Å²) in [5, 5.41) is 11.4. The molecule has 6 heteroatoms. The Morgan fingerprint density at radius 1 is 1.53 bits per heavy atom. The number of carbonyl (C=O) groups is 2. The quantitative estimate of drug-likeness (QED) is 0.493. The van der Waals surface area contributed by atoms with Gasteiger partial charge in [-0.1, -0.05) is 0 Å². The SMILES string of the molecule is CC(O)CCN(C)C(=O)CNC(=O)CN. The first-order chi connectivity index (χ1) is 6.97. The van der Waals surface area contributed by atoms with Crippen LogP contribution in [0, 0.1) is 0 Å². The highest BCUT2D eigenvalue weighted by atomic mass is 16.3. The number of nitrogens with zero attached hydrogens (tertiary/aromatic N) is 1. The van der Waals surface area contributed by atoms with Gasteiger partial charge in [0.1, 0.15) is 0 Å². The number of carbonyl (C=O) groups excluding carboxylic acids is 2. The van der Waals surface area contributed by atoms with E-state index in [1.807, 2.05) is 0 Å². The number of nitrogens with one attached hydrogen (secondary N) is 1. The normalized spacial score (nSPS) is 12.0. The Morgan fingerprint density at radius 2 is 2.13 bits per heavy atom. The molecule has 0 fully saturated rings. The summed E-state index contributed by atoms with van der Waals surface area (Å²) in [7, 11) is 1.62. The first-order valence-electron chi connectivity index (χ1n) is 4.86. The maximum absolute atomic E-state index is 11.4. The van der Waals surface area contributed by atoms with Gasteiger partial charge in [-0.2, -0.15) is 0 Å². The first-order valence-corrected chi connectivity index (χ1v) is 4.86. The summed E-state index contributed by atoms with van der Waals surface area (Å²) in [5.74, 6) is -0.551. The molecular formula is C9H19N3O3. The summed E-state index contributed by atoms with van der Waals surface area (Å²) >= 11 is 0. The van der Waals surface area contributed by atoms with E-state index < -0.39 is 6.10 Å². The van der Waals surface area contributed by atoms with Gasteiger partial charge in [0, 0.05) is 13.6 Å². The fraction of sp³-hybridized carbons (Fsp3) is 0.778. The average molecular weight is 217 g/mol. The molecule has 0 aromatic carbocycles. The Hall–Kier alpha value is -1.14. The van der Waals surface area contributed by atoms with E-state index in [0.29, 0.717) is 13.0 Å². The van der Waals surface area contributed by atoms with Crippen molar-refractivity contribution in [1.29, 1.82) is 0 Å². The van der Waals surface area contributed by atoms with Gasteiger partial charge in [0.2, 0.25) is 11.8 Å². The molecule has 0 aromatic rings. The number of hydrogen-bond donors (Lipinski definition) is 3. The van der Waals surface area contributed by atoms with E-state index in [1.165, 1.54) is 4.90 Å². The van der Waals surface area contributed by atoms with Crippen LogP contribution in [0.4, 0.5) is 0 Å². The van der Waals surface area contributed by atoms with Crippen LogP contribution in [0.5, 0.6) is 0 Å². The molecule has 2 amide bonds. The van der Waals surface area contributed by atoms with Crippen molar-refractivity contribution in [1.82, 2.24) is 10.2 Å². The molecule has 0 saturated carbocycles. The minimum Gasteiger partial charge on any atom is -0.393 e. The number of hydrogen-bond acceptors (Lipinski definition) is 4. The molecule has 0 saturated heterocycles. The first kappa shape index (κ1) is 13.9. The van der Waals surface area contributed by atoms with Gasteiger partial charge in [-0.15, -0.1) is 0 Å². The molecule has 0 rings (SSSR count). The molecule has 1 atom stereocenters. The number of amides is 2. The van der Waals surface area contributed by atoms with Crippen LogP contribution in [0.15, 0.2) is 0 Å². The van der Waals surface area contributed by atoms with Crippen molar-refractivity contribution in [2.45, 2.75) is 19.4 Å². The van der Waals surface area contributed by atoms with Crippen molar-refractivity contribution >= 4 is 11.8 Å². The maximum Gasteiger partial charge on any atom is 0.241 e. The minimum absolute atomic E-state index is 0.0493. The van der Waals surface area contributed by atoms with Gasteiger partial charge in [0.25, 0.3) is 0 Å². The molecule has 0 radical (unpaired) electrons. The van der Waals surface area contributed by atoms with Crippen LogP contribution in [0.2, 0.25) is 0 Å². The average Bonchev–Trinajstić information content (AvgIpc) is 2.21. The third-order valence-corrected chi connectivity index (χ3v) is 1.93. The van der Waals surface area contributed by atoms with E-state index in [4.69, 9.17) is 10.8 Å². The van der Waals surface area contributed by atoms with Crippen molar-refractivity contribution in [2.75, 3.05) is 26.7 Å². The Kier molecular flexibility index (Phi) is 6.64. The van der Waals surface area contributed by atoms with Gasteiger partial charge in [-0.3, -0.25) is 9.59 Å². The van der Waals surface area contributed by atoms with Crippen LogP contribution in [-0.4, -0.2) is 54.6 Å². The van der Waals surface area contributed by atoms with Gasteiger partial charge in [-0.25, -0.2) is 0 Å². The molecular weight excluding hydrogens is 198 g/mol. The van der Waals surface area contributed by atoms with Crippen LogP contribution in [0.25, 0.3) is 0 Å². The minimum atomic E-state index is -0.432. The van der Waals surface area contributed by atoms with Crippen molar-refractivity contribution in [3.63, 3.8) is 0 Å². The van der Waals surface area contributed by atoms with E-state index in [-0.39, 0.29) is 24.9 Å². The number of aliphatic hydroxyl groups is 1. The van der Waals surface area contributed by atoms with E-state index in [1.54, 1.807) is 14.0 Å². The molecule has 0 bridgehead atoms. The van der Waals surface area contributed by atoms with Crippen LogP contribution in [-0.2, 0) is 9.59 Å². The van der Waals surface area contributed by atoms with Gasteiger partial charge < -0.3 is 21.1 Å². The van der Waals surface area contributed by atoms with E-state index >= 15 is 0 Å². The van der Waals surface area contributed by atoms with Gasteiger partial charge in [0.05, 0.1) is 19.2 Å². The monoisotopic (exact) mass is 217 g/mol. The zero-order chi connectivity index (χ0) is 11.8. The zero-order valence-corrected chi connectivity index (χ0v) is 9.19. The van der Waals surface area contributed by atoms with Crippen LogP contribution < -0.4 is 11.1 Å². The highest BCUT2D eigenvalue weighted by molar-refractivity contribution is 5.85. The maximum atomic E-state index is 11.4. The van der Waals surface area contributed by atoms with Gasteiger partial charge >= 0.3 is 0 Å². The smallest absolute Gasteiger partial charge is 0.241 e. The number of nitrogens with two attached hydrogens (primary N) is 1. The second kappa shape index (κ2) is 7.19. The summed E-state index contributed by atoms with van der Waals surface area (Å²) in [5.41, 5.74) is 5.06. The second-order valence-corrected chi connectivity index (χ2v) is 3.43. The molecule has 0 heterocycles. The molecule has 0 aliphatic carbocycles. The second-order valence-electron chi connectivity index (χ2n) is 3.43. The van der Waals surface area contributed by atoms with Crippen LogP contribution in [0.1, 0.15) is 13.3 Å². The molecule has 0 aliphatic rings. The summed E-state index contributed by atoms with van der Waals surface area (Å²) in [6, 6.07) is 0. The lowest BCUT2D eigenvalue weighted by molar-refractivity contribution is -0.131. The number of likely N-dealkylation sites (N-methyl/N-ethyl adjacent to an activating group) is 1. The molecule has 4 N–H and O–H groups in total. The Bertz CT molecular complexity index is 219. The highest BCUT2D eigenvalue weighted by Gasteiger charge is 2.10. The van der Waals surface area contributed by atoms with E-state index in [9.17, 15) is 9.59 Å². The van der Waals surface area contributed by atoms with Gasteiger partial charge in [0.15, 0.2) is 0 Å². The summed E-state index contributed by atoms with van der Waals surface area (Å²) < 4.78 is 0. The zero-order valence-electron chi connectivity index (χ0n) is 9.19. The lowest BCUT2D eigenvalue weighted by Gasteiger charge is -2.18. The number of aliphatic hydroxyl groups excluding tert-OH is 1. The molecule has 15 heavy (non-hydrogen) atoms. The molecule has 88 valence electrons. The largest absolute Gasteiger partial charge is 0.393 e. The van der Waals surface area contributed by atoms with E-state index in [0.717, 1.165) is 0 Å². The third-order valence-electron chi connectivity index (χ3n) is 1.93. The van der Waals surface area contributed by atoms with Crippen LogP contribution in [0.3, 0.4) is 0 Å². The van der Waals surface area contributed by atoms with Crippen molar-refractivity contribution < 1.29 is 14.7 Å². The molecule has 0 spiro atoms. The highest BCUT2D eigenvalue weighted by Crippen LogP contribution is 1.93. The number of rotatable bonds is 6. The summed E-state index contributed by atoms with van der Waals surface area (Å²) in [6.45, 7) is 1.96. The molecule has 0 aromatic heterocycles. The molecule has 1 unspecified atom stereocenters. The van der Waals surface area contributed by atoms with Crippen molar-refractivity contribution in [3.8, 4) is 0 Å². The van der Waals surface area contributed by atoms with Gasteiger partial charge in [-0.05, 0) is 13.3 Å².